The van der Waals surface area contributed by atoms with E-state index in [1.54, 1.807) is 11.7 Å². The van der Waals surface area contributed by atoms with Gasteiger partial charge in [0.05, 0.1) is 24.4 Å². The topological polar surface area (TPSA) is 123 Å². The van der Waals surface area contributed by atoms with Gasteiger partial charge >= 0.3 is 0 Å². The Hall–Kier alpha value is -4.14. The second-order valence-corrected chi connectivity index (χ2v) is 8.30. The highest BCUT2D eigenvalue weighted by molar-refractivity contribution is 5.93. The van der Waals surface area contributed by atoms with Gasteiger partial charge in [-0.25, -0.2) is 9.98 Å². The molecular formula is C26H31N7O2. The van der Waals surface area contributed by atoms with Crippen molar-refractivity contribution in [3.8, 4) is 17.1 Å². The molecule has 0 saturated heterocycles. The van der Waals surface area contributed by atoms with E-state index in [9.17, 15) is 4.79 Å². The fraction of sp³-hybridized carbons (Fsp3) is 0.308. The van der Waals surface area contributed by atoms with Crippen LogP contribution in [0, 0.1) is 0 Å². The van der Waals surface area contributed by atoms with Crippen molar-refractivity contribution >= 4 is 22.7 Å². The van der Waals surface area contributed by atoms with Gasteiger partial charge in [0, 0.05) is 12.7 Å². The molecule has 0 spiro atoms. The number of aromatic nitrogens is 4. The minimum Gasteiger partial charge on any atom is -0.493 e. The molecule has 2 heterocycles. The number of hydrogen-bond acceptors (Lipinski definition) is 5. The summed E-state index contributed by atoms with van der Waals surface area (Å²) < 4.78 is 7.56. The maximum atomic E-state index is 13.0. The van der Waals surface area contributed by atoms with E-state index in [4.69, 9.17) is 15.5 Å². The Balaban J connectivity index is 1.71. The van der Waals surface area contributed by atoms with Crippen molar-refractivity contribution in [1.29, 1.82) is 0 Å². The van der Waals surface area contributed by atoms with Gasteiger partial charge in [0.1, 0.15) is 17.1 Å². The predicted octanol–water partition coefficient (Wildman–Crippen LogP) is 3.99. The molecule has 0 atom stereocenters. The third-order valence-corrected chi connectivity index (χ3v) is 5.49. The Labute approximate surface area is 204 Å². The van der Waals surface area contributed by atoms with Gasteiger partial charge < -0.3 is 20.8 Å². The number of nitrogens with two attached hydrogens (primary N) is 1. The van der Waals surface area contributed by atoms with E-state index < -0.39 is 0 Å². The number of fused-ring (bicyclic) bond motifs is 1. The summed E-state index contributed by atoms with van der Waals surface area (Å²) in [6, 6.07) is 15.5. The lowest BCUT2D eigenvalue weighted by Crippen LogP contribution is -2.22. The van der Waals surface area contributed by atoms with Gasteiger partial charge in [0.25, 0.3) is 5.56 Å². The van der Waals surface area contributed by atoms with Gasteiger partial charge in [-0.05, 0) is 36.6 Å². The van der Waals surface area contributed by atoms with E-state index in [1.807, 2.05) is 55.5 Å². The van der Waals surface area contributed by atoms with Crippen LogP contribution in [-0.2, 0) is 20.0 Å². The fourth-order valence-electron chi connectivity index (χ4n) is 3.86. The number of guanidine groups is 1. The van der Waals surface area contributed by atoms with Crippen LogP contribution in [-0.4, -0.2) is 32.3 Å². The zero-order chi connectivity index (χ0) is 24.8. The molecule has 0 fully saturated rings. The summed E-state index contributed by atoms with van der Waals surface area (Å²) in [6.45, 7) is 5.13. The molecule has 35 heavy (non-hydrogen) atoms. The molecule has 0 saturated carbocycles. The molecular weight excluding hydrogens is 442 g/mol. The molecule has 0 unspecified atom stereocenters. The van der Waals surface area contributed by atoms with Crippen molar-refractivity contribution in [3.63, 3.8) is 0 Å². The van der Waals surface area contributed by atoms with Crippen LogP contribution >= 0.6 is 0 Å². The van der Waals surface area contributed by atoms with Gasteiger partial charge in [-0.15, -0.1) is 0 Å². The zero-order valence-corrected chi connectivity index (χ0v) is 20.3. The lowest BCUT2D eigenvalue weighted by molar-refractivity contribution is 0.318. The van der Waals surface area contributed by atoms with Gasteiger partial charge in [0.2, 0.25) is 0 Å². The number of ether oxygens (including phenoxy) is 1. The largest absolute Gasteiger partial charge is 0.493 e. The Morgan fingerprint density at radius 1 is 1.17 bits per heavy atom. The van der Waals surface area contributed by atoms with Crippen molar-refractivity contribution in [2.75, 3.05) is 11.9 Å². The van der Waals surface area contributed by atoms with Crippen LogP contribution in [0.15, 0.2) is 58.3 Å². The van der Waals surface area contributed by atoms with Crippen LogP contribution in [0.2, 0.25) is 0 Å². The Kier molecular flexibility index (Phi) is 7.45. The highest BCUT2D eigenvalue weighted by Crippen LogP contribution is 2.31. The summed E-state index contributed by atoms with van der Waals surface area (Å²) in [5.74, 6) is 1.33. The average molecular weight is 474 g/mol. The van der Waals surface area contributed by atoms with Crippen LogP contribution in [0.4, 0.5) is 5.69 Å². The number of aryl methyl sites for hydroxylation is 2. The SMILES string of the molecule is CCCOc1ccc(NC(N)=NCc2ccccc2)cc1-c1nc2c(CCC)nn(C)c2c(=O)[nH]1. The second kappa shape index (κ2) is 10.9. The zero-order valence-electron chi connectivity index (χ0n) is 20.3. The predicted molar refractivity (Wildman–Crippen MR) is 140 cm³/mol. The number of nitrogens with one attached hydrogen (secondary N) is 2. The fourth-order valence-corrected chi connectivity index (χ4v) is 3.86. The number of rotatable bonds is 9. The standard InChI is InChI=1S/C26H31N7O2/c1-4-9-20-22-23(33(3)32-20)25(34)31-24(30-22)19-15-18(12-13-21(19)35-14-5-2)29-26(27)28-16-17-10-7-6-8-11-17/h6-8,10-13,15H,4-5,9,14,16H2,1-3H3,(H3,27,28,29)(H,30,31,34). The van der Waals surface area contributed by atoms with Gasteiger partial charge in [-0.3, -0.25) is 9.48 Å². The molecule has 0 amide bonds. The first kappa shape index (κ1) is 24.0. The smallest absolute Gasteiger partial charge is 0.277 e. The Morgan fingerprint density at radius 2 is 1.97 bits per heavy atom. The molecule has 182 valence electrons. The molecule has 0 aliphatic heterocycles. The summed E-state index contributed by atoms with van der Waals surface area (Å²) in [6.07, 6.45) is 2.50. The summed E-state index contributed by atoms with van der Waals surface area (Å²) >= 11 is 0. The highest BCUT2D eigenvalue weighted by Gasteiger charge is 2.18. The van der Waals surface area contributed by atoms with Crippen LogP contribution in [0.3, 0.4) is 0 Å². The third kappa shape index (κ3) is 5.51. The number of hydrogen-bond donors (Lipinski definition) is 3. The first-order chi connectivity index (χ1) is 17.0. The van der Waals surface area contributed by atoms with E-state index in [0.717, 1.165) is 30.5 Å². The summed E-state index contributed by atoms with van der Waals surface area (Å²) in [7, 11) is 1.76. The molecule has 0 aliphatic carbocycles. The molecule has 4 rings (SSSR count). The monoisotopic (exact) mass is 473 g/mol. The number of H-pyrrole nitrogens is 1. The maximum absolute atomic E-state index is 13.0. The van der Waals surface area contributed by atoms with Gasteiger partial charge in [0.15, 0.2) is 11.5 Å². The summed E-state index contributed by atoms with van der Waals surface area (Å²) in [5.41, 5.74) is 10.2. The number of anilines is 1. The third-order valence-electron chi connectivity index (χ3n) is 5.49. The van der Waals surface area contributed by atoms with Crippen molar-refractivity contribution in [1.82, 2.24) is 19.7 Å². The van der Waals surface area contributed by atoms with E-state index in [1.165, 1.54) is 0 Å². The number of aromatic amines is 1. The molecule has 9 heteroatoms. The maximum Gasteiger partial charge on any atom is 0.277 e. The highest BCUT2D eigenvalue weighted by atomic mass is 16.5. The van der Waals surface area contributed by atoms with E-state index >= 15 is 0 Å². The van der Waals surface area contributed by atoms with E-state index in [0.29, 0.717) is 47.0 Å². The normalized spacial score (nSPS) is 11.7. The van der Waals surface area contributed by atoms with Gasteiger partial charge in [-0.2, -0.15) is 5.10 Å². The van der Waals surface area contributed by atoms with Crippen molar-refractivity contribution < 1.29 is 4.74 Å². The van der Waals surface area contributed by atoms with Crippen LogP contribution in [0.1, 0.15) is 37.9 Å². The van der Waals surface area contributed by atoms with E-state index in [-0.39, 0.29) is 11.5 Å². The summed E-state index contributed by atoms with van der Waals surface area (Å²) in [4.78, 5) is 25.1. The molecule has 0 aliphatic rings. The molecule has 2 aromatic carbocycles. The molecule has 0 bridgehead atoms. The first-order valence-corrected chi connectivity index (χ1v) is 11.8. The summed E-state index contributed by atoms with van der Waals surface area (Å²) in [5, 5.41) is 7.64. The number of aliphatic imine (C=N–C) groups is 1. The van der Waals surface area contributed by atoms with Gasteiger partial charge in [-0.1, -0.05) is 50.6 Å². The van der Waals surface area contributed by atoms with Crippen molar-refractivity contribution in [3.05, 3.63) is 70.1 Å². The lowest BCUT2D eigenvalue weighted by atomic mass is 10.1. The Morgan fingerprint density at radius 3 is 2.71 bits per heavy atom. The van der Waals surface area contributed by atoms with Crippen LogP contribution < -0.4 is 21.3 Å². The quantitative estimate of drug-likeness (QED) is 0.249. The van der Waals surface area contributed by atoms with Crippen molar-refractivity contribution in [2.45, 2.75) is 39.7 Å². The number of benzene rings is 2. The first-order valence-electron chi connectivity index (χ1n) is 11.8. The Bertz CT molecular complexity index is 1390. The average Bonchev–Trinajstić information content (AvgIpc) is 3.18. The molecule has 0 radical (unpaired) electrons. The van der Waals surface area contributed by atoms with Crippen molar-refractivity contribution in [2.24, 2.45) is 17.8 Å². The lowest BCUT2D eigenvalue weighted by Gasteiger charge is -2.13. The minimum atomic E-state index is -0.244. The van der Waals surface area contributed by atoms with Crippen LogP contribution in [0.5, 0.6) is 5.75 Å². The number of nitrogens with zero attached hydrogens (tertiary/aromatic N) is 4. The second-order valence-electron chi connectivity index (χ2n) is 8.30. The van der Waals surface area contributed by atoms with E-state index in [2.05, 4.69) is 27.3 Å². The minimum absolute atomic E-state index is 0.244. The molecule has 4 aromatic rings. The molecule has 2 aromatic heterocycles. The molecule has 4 N–H and O–H groups in total. The van der Waals surface area contributed by atoms with Crippen LogP contribution in [0.25, 0.3) is 22.4 Å². The molecule has 9 nitrogen and oxygen atoms in total.